The minimum Gasteiger partial charge on any atom is -0.383 e. The van der Waals surface area contributed by atoms with Crippen molar-refractivity contribution in [2.45, 2.75) is 19.0 Å². The third kappa shape index (κ3) is 4.05. The summed E-state index contributed by atoms with van der Waals surface area (Å²) in [7, 11) is 1.54. The van der Waals surface area contributed by atoms with Crippen LogP contribution in [0.4, 0.5) is 4.79 Å². The molecule has 0 aromatic heterocycles. The van der Waals surface area contributed by atoms with E-state index in [1.165, 1.54) is 7.11 Å². The van der Waals surface area contributed by atoms with Crippen LogP contribution in [0.2, 0.25) is 0 Å². The molecule has 1 aliphatic rings. The van der Waals surface area contributed by atoms with Crippen molar-refractivity contribution >= 4 is 17.8 Å². The molecule has 1 atom stereocenters. The van der Waals surface area contributed by atoms with Crippen molar-refractivity contribution in [3.05, 3.63) is 35.9 Å². The SMILES string of the molecule is COCCNC(=O)CC1NC(=O)N(Cc2ccccc2)C1=O. The van der Waals surface area contributed by atoms with Crippen molar-refractivity contribution in [2.24, 2.45) is 0 Å². The lowest BCUT2D eigenvalue weighted by Gasteiger charge is -2.13. The number of benzene rings is 1. The van der Waals surface area contributed by atoms with E-state index in [1.807, 2.05) is 30.3 Å². The van der Waals surface area contributed by atoms with Crippen molar-refractivity contribution in [1.29, 1.82) is 0 Å². The normalized spacial score (nSPS) is 17.5. The summed E-state index contributed by atoms with van der Waals surface area (Å²) in [6, 6.07) is 7.95. The lowest BCUT2D eigenvalue weighted by Crippen LogP contribution is -2.37. The molecule has 1 unspecified atom stereocenters. The van der Waals surface area contributed by atoms with Crippen LogP contribution < -0.4 is 10.6 Å². The van der Waals surface area contributed by atoms with Gasteiger partial charge in [0.25, 0.3) is 5.91 Å². The first-order chi connectivity index (χ1) is 10.6. The van der Waals surface area contributed by atoms with Crippen molar-refractivity contribution in [3.8, 4) is 0 Å². The molecule has 1 saturated heterocycles. The smallest absolute Gasteiger partial charge is 0.325 e. The van der Waals surface area contributed by atoms with E-state index >= 15 is 0 Å². The fourth-order valence-corrected chi connectivity index (χ4v) is 2.18. The highest BCUT2D eigenvalue weighted by Crippen LogP contribution is 2.13. The van der Waals surface area contributed by atoms with Gasteiger partial charge in [0.1, 0.15) is 6.04 Å². The minimum absolute atomic E-state index is 0.0699. The predicted molar refractivity (Wildman–Crippen MR) is 78.8 cm³/mol. The summed E-state index contributed by atoms with van der Waals surface area (Å²) in [5, 5.41) is 5.17. The maximum Gasteiger partial charge on any atom is 0.325 e. The Balaban J connectivity index is 1.90. The molecule has 0 bridgehead atoms. The lowest BCUT2D eigenvalue weighted by atomic mass is 10.2. The summed E-state index contributed by atoms with van der Waals surface area (Å²) in [4.78, 5) is 36.9. The molecule has 4 amide bonds. The van der Waals surface area contributed by atoms with Gasteiger partial charge < -0.3 is 15.4 Å². The molecule has 22 heavy (non-hydrogen) atoms. The second kappa shape index (κ2) is 7.56. The molecule has 0 saturated carbocycles. The highest BCUT2D eigenvalue weighted by molar-refractivity contribution is 6.05. The monoisotopic (exact) mass is 305 g/mol. The molecule has 7 nitrogen and oxygen atoms in total. The predicted octanol–water partition coefficient (Wildman–Crippen LogP) is 0.260. The number of methoxy groups -OCH3 is 1. The van der Waals surface area contributed by atoms with Gasteiger partial charge in [-0.15, -0.1) is 0 Å². The van der Waals surface area contributed by atoms with Gasteiger partial charge in [-0.25, -0.2) is 4.79 Å². The number of hydrogen-bond donors (Lipinski definition) is 2. The Morgan fingerprint density at radius 2 is 2.05 bits per heavy atom. The van der Waals surface area contributed by atoms with E-state index in [4.69, 9.17) is 4.74 Å². The second-order valence-electron chi connectivity index (χ2n) is 4.96. The lowest BCUT2D eigenvalue weighted by molar-refractivity contribution is -0.131. The van der Waals surface area contributed by atoms with Crippen LogP contribution in [-0.4, -0.2) is 49.0 Å². The van der Waals surface area contributed by atoms with Gasteiger partial charge in [0.15, 0.2) is 0 Å². The number of carbonyl (C=O) groups is 3. The molecule has 0 radical (unpaired) electrons. The van der Waals surface area contributed by atoms with Gasteiger partial charge in [0, 0.05) is 13.7 Å². The zero-order valence-corrected chi connectivity index (χ0v) is 12.4. The summed E-state index contributed by atoms with van der Waals surface area (Å²) in [6.45, 7) is 0.974. The van der Waals surface area contributed by atoms with Gasteiger partial charge >= 0.3 is 6.03 Å². The van der Waals surface area contributed by atoms with Crippen molar-refractivity contribution in [1.82, 2.24) is 15.5 Å². The number of amides is 4. The molecule has 7 heteroatoms. The Bertz CT molecular complexity index is 547. The largest absolute Gasteiger partial charge is 0.383 e. The van der Waals surface area contributed by atoms with Crippen LogP contribution in [0.15, 0.2) is 30.3 Å². The zero-order chi connectivity index (χ0) is 15.9. The van der Waals surface area contributed by atoms with Crippen LogP contribution in [0.25, 0.3) is 0 Å². The molecule has 1 aliphatic heterocycles. The van der Waals surface area contributed by atoms with Gasteiger partial charge in [-0.3, -0.25) is 14.5 Å². The third-order valence-electron chi connectivity index (χ3n) is 3.31. The van der Waals surface area contributed by atoms with E-state index < -0.39 is 12.1 Å². The van der Waals surface area contributed by atoms with Crippen molar-refractivity contribution < 1.29 is 19.1 Å². The first kappa shape index (κ1) is 16.0. The molecular formula is C15H19N3O4. The molecule has 2 N–H and O–H groups in total. The molecule has 1 fully saturated rings. The number of nitrogens with one attached hydrogen (secondary N) is 2. The summed E-state index contributed by atoms with van der Waals surface area (Å²) in [6.07, 6.45) is -0.0699. The van der Waals surface area contributed by atoms with E-state index in [0.717, 1.165) is 10.5 Å². The molecule has 0 spiro atoms. The third-order valence-corrected chi connectivity index (χ3v) is 3.31. The summed E-state index contributed by atoms with van der Waals surface area (Å²) < 4.78 is 4.82. The van der Waals surface area contributed by atoms with Gasteiger partial charge in [0.05, 0.1) is 19.6 Å². The zero-order valence-electron chi connectivity index (χ0n) is 12.4. The number of nitrogens with zero attached hydrogens (tertiary/aromatic N) is 1. The Morgan fingerprint density at radius 1 is 1.32 bits per heavy atom. The maximum absolute atomic E-state index is 12.2. The molecule has 1 heterocycles. The van der Waals surface area contributed by atoms with Crippen molar-refractivity contribution in [2.75, 3.05) is 20.3 Å². The average Bonchev–Trinajstić information content (AvgIpc) is 2.76. The molecule has 0 aliphatic carbocycles. The van der Waals surface area contributed by atoms with E-state index in [1.54, 1.807) is 0 Å². The molecule has 118 valence electrons. The Morgan fingerprint density at radius 3 is 2.73 bits per heavy atom. The van der Waals surface area contributed by atoms with Crippen LogP contribution in [0.5, 0.6) is 0 Å². The number of hydrogen-bond acceptors (Lipinski definition) is 4. The van der Waals surface area contributed by atoms with E-state index in [9.17, 15) is 14.4 Å². The molecule has 1 aromatic carbocycles. The summed E-state index contributed by atoms with van der Waals surface area (Å²) in [5.74, 6) is -0.673. The van der Waals surface area contributed by atoms with Gasteiger partial charge in [-0.05, 0) is 5.56 Å². The summed E-state index contributed by atoms with van der Waals surface area (Å²) >= 11 is 0. The number of imide groups is 1. The van der Waals surface area contributed by atoms with Crippen LogP contribution in [0, 0.1) is 0 Å². The molecule has 2 rings (SSSR count). The van der Waals surface area contributed by atoms with Crippen LogP contribution >= 0.6 is 0 Å². The van der Waals surface area contributed by atoms with Gasteiger partial charge in [-0.2, -0.15) is 0 Å². The fourth-order valence-electron chi connectivity index (χ4n) is 2.18. The molecular weight excluding hydrogens is 286 g/mol. The number of carbonyl (C=O) groups excluding carboxylic acids is 3. The van der Waals surface area contributed by atoms with Crippen molar-refractivity contribution in [3.63, 3.8) is 0 Å². The number of ether oxygens (including phenoxy) is 1. The Hall–Kier alpha value is -2.41. The first-order valence-corrected chi connectivity index (χ1v) is 7.03. The van der Waals surface area contributed by atoms with Gasteiger partial charge in [0.2, 0.25) is 5.91 Å². The van der Waals surface area contributed by atoms with Gasteiger partial charge in [-0.1, -0.05) is 30.3 Å². The topological polar surface area (TPSA) is 87.7 Å². The van der Waals surface area contributed by atoms with E-state index in [-0.39, 0.29) is 24.8 Å². The highest BCUT2D eigenvalue weighted by atomic mass is 16.5. The minimum atomic E-state index is -0.807. The quantitative estimate of drug-likeness (QED) is 0.559. The standard InChI is InChI=1S/C15H19N3O4/c1-22-8-7-16-13(19)9-12-14(20)18(15(21)17-12)10-11-5-3-2-4-6-11/h2-6,12H,7-10H2,1H3,(H,16,19)(H,17,21). The van der Waals surface area contributed by atoms with E-state index in [0.29, 0.717) is 13.2 Å². The van der Waals surface area contributed by atoms with E-state index in [2.05, 4.69) is 10.6 Å². The first-order valence-electron chi connectivity index (χ1n) is 7.03. The van der Waals surface area contributed by atoms with Crippen LogP contribution in [0.3, 0.4) is 0 Å². The average molecular weight is 305 g/mol. The molecule has 1 aromatic rings. The number of rotatable bonds is 7. The van der Waals surface area contributed by atoms with Crippen LogP contribution in [0.1, 0.15) is 12.0 Å². The summed E-state index contributed by atoms with van der Waals surface area (Å²) in [5.41, 5.74) is 0.858. The highest BCUT2D eigenvalue weighted by Gasteiger charge is 2.38. The maximum atomic E-state index is 12.2. The van der Waals surface area contributed by atoms with Crippen LogP contribution in [-0.2, 0) is 20.9 Å². The second-order valence-corrected chi connectivity index (χ2v) is 4.96. The fraction of sp³-hybridized carbons (Fsp3) is 0.400. The Labute approximate surface area is 128 Å². The Kier molecular flexibility index (Phi) is 5.48. The number of urea groups is 1.